The van der Waals surface area contributed by atoms with E-state index in [4.69, 9.17) is 9.47 Å². The third-order valence-electron chi connectivity index (χ3n) is 6.80. The van der Waals surface area contributed by atoms with Crippen LogP contribution in [0.3, 0.4) is 0 Å². The minimum Gasteiger partial charge on any atom is -0.433 e. The molecule has 9 heteroatoms. The number of rotatable bonds is 7. The van der Waals surface area contributed by atoms with Crippen molar-refractivity contribution in [2.45, 2.75) is 76.8 Å². The topological polar surface area (TPSA) is 114 Å². The molecule has 1 fully saturated rings. The van der Waals surface area contributed by atoms with Crippen LogP contribution in [0.2, 0.25) is 0 Å². The van der Waals surface area contributed by atoms with Crippen LogP contribution in [0, 0.1) is 5.92 Å². The van der Waals surface area contributed by atoms with E-state index in [1.807, 2.05) is 32.0 Å². The Morgan fingerprint density at radius 1 is 1.21 bits per heavy atom. The number of nitrogens with zero attached hydrogens (tertiary/aromatic N) is 1. The Balaban J connectivity index is 1.56. The molecule has 5 atom stereocenters. The molecule has 3 aliphatic heterocycles. The first-order valence-electron chi connectivity index (χ1n) is 11.6. The van der Waals surface area contributed by atoms with Crippen LogP contribution >= 0.6 is 0 Å². The SMILES string of the molecule is CC[C@H](C)CC(=O)N[C@H]1CCc2cccc3c2N(C1=O)[C@H](C(=O)N[C@H]1CC(=O)OC1OC)C3. The largest absolute Gasteiger partial charge is 0.433 e. The first-order valence-corrected chi connectivity index (χ1v) is 11.6. The van der Waals surface area contributed by atoms with Crippen LogP contribution < -0.4 is 15.5 Å². The predicted octanol–water partition coefficient (Wildman–Crippen LogP) is 1.22. The fraction of sp³-hybridized carbons (Fsp3) is 0.583. The number of nitrogens with one attached hydrogen (secondary N) is 2. The van der Waals surface area contributed by atoms with E-state index in [2.05, 4.69) is 10.6 Å². The minimum atomic E-state index is -0.854. The molecule has 178 valence electrons. The zero-order chi connectivity index (χ0) is 23.7. The number of hydrogen-bond donors (Lipinski definition) is 2. The van der Waals surface area contributed by atoms with E-state index in [0.29, 0.717) is 25.7 Å². The second kappa shape index (κ2) is 9.51. The lowest BCUT2D eigenvalue weighted by Crippen LogP contribution is -2.56. The van der Waals surface area contributed by atoms with E-state index in [0.717, 1.165) is 23.2 Å². The summed E-state index contributed by atoms with van der Waals surface area (Å²) < 4.78 is 10.2. The van der Waals surface area contributed by atoms with Crippen molar-refractivity contribution < 1.29 is 28.7 Å². The van der Waals surface area contributed by atoms with E-state index in [-0.39, 0.29) is 30.1 Å². The van der Waals surface area contributed by atoms with Crippen LogP contribution in [0.5, 0.6) is 0 Å². The number of esters is 1. The Morgan fingerprint density at radius 3 is 2.70 bits per heavy atom. The number of hydrogen-bond acceptors (Lipinski definition) is 6. The van der Waals surface area contributed by atoms with Crippen LogP contribution in [-0.4, -0.2) is 55.2 Å². The molecule has 9 nitrogen and oxygen atoms in total. The molecule has 4 rings (SSSR count). The molecule has 1 unspecified atom stereocenters. The molecular formula is C24H31N3O6. The smallest absolute Gasteiger partial charge is 0.310 e. The van der Waals surface area contributed by atoms with Gasteiger partial charge in [0.2, 0.25) is 24.0 Å². The van der Waals surface area contributed by atoms with Gasteiger partial charge < -0.3 is 20.1 Å². The third-order valence-corrected chi connectivity index (χ3v) is 6.80. The molecule has 3 aliphatic rings. The van der Waals surface area contributed by atoms with Gasteiger partial charge in [-0.15, -0.1) is 0 Å². The number of benzene rings is 1. The van der Waals surface area contributed by atoms with Crippen molar-refractivity contribution in [1.29, 1.82) is 0 Å². The van der Waals surface area contributed by atoms with Gasteiger partial charge in [0.15, 0.2) is 0 Å². The Bertz CT molecular complexity index is 964. The second-order valence-corrected chi connectivity index (χ2v) is 9.14. The highest BCUT2D eigenvalue weighted by Gasteiger charge is 2.45. The minimum absolute atomic E-state index is 0.0113. The van der Waals surface area contributed by atoms with Gasteiger partial charge in [-0.25, -0.2) is 0 Å². The lowest BCUT2D eigenvalue weighted by Gasteiger charge is -2.29. The van der Waals surface area contributed by atoms with Crippen molar-refractivity contribution in [3.63, 3.8) is 0 Å². The Hall–Kier alpha value is -2.94. The van der Waals surface area contributed by atoms with E-state index >= 15 is 0 Å². The molecule has 2 N–H and O–H groups in total. The molecule has 3 amide bonds. The molecule has 0 radical (unpaired) electrons. The van der Waals surface area contributed by atoms with Crippen molar-refractivity contribution >= 4 is 29.4 Å². The number of para-hydroxylation sites is 1. The summed E-state index contributed by atoms with van der Waals surface area (Å²) in [5.41, 5.74) is 2.68. The molecule has 1 saturated heterocycles. The lowest BCUT2D eigenvalue weighted by molar-refractivity contribution is -0.160. The number of carbonyl (C=O) groups is 4. The maximum absolute atomic E-state index is 13.6. The van der Waals surface area contributed by atoms with E-state index < -0.39 is 30.4 Å². The summed E-state index contributed by atoms with van der Waals surface area (Å²) in [4.78, 5) is 52.7. The molecule has 1 aromatic rings. The van der Waals surface area contributed by atoms with Crippen LogP contribution in [0.4, 0.5) is 5.69 Å². The summed E-state index contributed by atoms with van der Waals surface area (Å²) in [6.45, 7) is 4.03. The highest BCUT2D eigenvalue weighted by atomic mass is 16.7. The maximum atomic E-state index is 13.6. The van der Waals surface area contributed by atoms with Gasteiger partial charge in [0, 0.05) is 20.0 Å². The Morgan fingerprint density at radius 2 is 1.97 bits per heavy atom. The van der Waals surface area contributed by atoms with Crippen molar-refractivity contribution in [2.75, 3.05) is 12.0 Å². The molecule has 0 bridgehead atoms. The van der Waals surface area contributed by atoms with Crippen molar-refractivity contribution in [3.05, 3.63) is 29.3 Å². The van der Waals surface area contributed by atoms with Crippen LogP contribution in [0.1, 0.15) is 50.7 Å². The zero-order valence-corrected chi connectivity index (χ0v) is 19.3. The van der Waals surface area contributed by atoms with Crippen molar-refractivity contribution in [2.24, 2.45) is 5.92 Å². The van der Waals surface area contributed by atoms with E-state index in [9.17, 15) is 19.2 Å². The molecule has 3 heterocycles. The number of methoxy groups -OCH3 is 1. The van der Waals surface area contributed by atoms with Crippen molar-refractivity contribution in [3.8, 4) is 0 Å². The number of cyclic esters (lactones) is 1. The zero-order valence-electron chi connectivity index (χ0n) is 19.3. The molecule has 0 aromatic heterocycles. The molecule has 0 aliphatic carbocycles. The average Bonchev–Trinajstić information content (AvgIpc) is 3.32. The molecule has 1 aromatic carbocycles. The van der Waals surface area contributed by atoms with Gasteiger partial charge in [-0.05, 0) is 29.9 Å². The summed E-state index contributed by atoms with van der Waals surface area (Å²) in [5.74, 6) is -1.02. The van der Waals surface area contributed by atoms with Crippen LogP contribution in [0.25, 0.3) is 0 Å². The number of amides is 3. The van der Waals surface area contributed by atoms with Crippen LogP contribution in [-0.2, 0) is 41.5 Å². The average molecular weight is 458 g/mol. The van der Waals surface area contributed by atoms with E-state index in [1.165, 1.54) is 7.11 Å². The molecule has 0 saturated carbocycles. The van der Waals surface area contributed by atoms with Gasteiger partial charge >= 0.3 is 5.97 Å². The van der Waals surface area contributed by atoms with Gasteiger partial charge in [0.25, 0.3) is 0 Å². The highest BCUT2D eigenvalue weighted by molar-refractivity contribution is 6.08. The van der Waals surface area contributed by atoms with Gasteiger partial charge in [-0.3, -0.25) is 24.1 Å². The summed E-state index contributed by atoms with van der Waals surface area (Å²) in [7, 11) is 1.41. The summed E-state index contributed by atoms with van der Waals surface area (Å²) in [5, 5.41) is 5.74. The quantitative estimate of drug-likeness (QED) is 0.595. The number of aryl methyl sites for hydroxylation is 1. The summed E-state index contributed by atoms with van der Waals surface area (Å²) in [6, 6.07) is 3.74. The highest BCUT2D eigenvalue weighted by Crippen LogP contribution is 2.39. The second-order valence-electron chi connectivity index (χ2n) is 9.14. The monoisotopic (exact) mass is 457 g/mol. The van der Waals surface area contributed by atoms with Gasteiger partial charge in [0.05, 0.1) is 12.1 Å². The maximum Gasteiger partial charge on any atom is 0.310 e. The Kier molecular flexibility index (Phi) is 6.69. The third kappa shape index (κ3) is 4.59. The molecular weight excluding hydrogens is 426 g/mol. The van der Waals surface area contributed by atoms with Crippen LogP contribution in [0.15, 0.2) is 18.2 Å². The molecule has 0 spiro atoms. The number of ether oxygens (including phenoxy) is 2. The van der Waals surface area contributed by atoms with E-state index in [1.54, 1.807) is 4.90 Å². The van der Waals surface area contributed by atoms with Crippen molar-refractivity contribution in [1.82, 2.24) is 10.6 Å². The summed E-state index contributed by atoms with van der Waals surface area (Å²) in [6.07, 6.45) is 1.87. The Labute approximate surface area is 193 Å². The lowest BCUT2D eigenvalue weighted by atomic mass is 10.0. The fourth-order valence-electron chi connectivity index (χ4n) is 4.83. The normalized spacial score (nSPS) is 26.9. The molecule has 33 heavy (non-hydrogen) atoms. The predicted molar refractivity (Wildman–Crippen MR) is 119 cm³/mol. The first kappa shape index (κ1) is 23.2. The van der Waals surface area contributed by atoms with Gasteiger partial charge in [0.1, 0.15) is 18.1 Å². The number of carbonyl (C=O) groups excluding carboxylic acids is 4. The number of anilines is 1. The first-order chi connectivity index (χ1) is 15.8. The summed E-state index contributed by atoms with van der Waals surface area (Å²) >= 11 is 0. The van der Waals surface area contributed by atoms with Gasteiger partial charge in [-0.1, -0.05) is 38.5 Å². The fourth-order valence-corrected chi connectivity index (χ4v) is 4.83. The standard InChI is InChI=1S/C24H31N3O6/c1-4-13(2)10-19(28)25-16-9-8-14-6-5-7-15-11-18(27(21(14)15)23(16)31)22(30)26-17-12-20(29)33-24(17)32-3/h5-7,13,16-18,24H,4,8-12H2,1-3H3,(H,25,28)(H,26,30)/t13-,16-,17-,18-,24?/m0/s1. The van der Waals surface area contributed by atoms with Gasteiger partial charge in [-0.2, -0.15) is 0 Å².